The molecule has 0 spiro atoms. The van der Waals surface area contributed by atoms with E-state index in [9.17, 15) is 9.18 Å². The highest BCUT2D eigenvalue weighted by Gasteiger charge is 2.26. The number of aryl methyl sites for hydroxylation is 1. The lowest BCUT2D eigenvalue weighted by Gasteiger charge is -2.31. The minimum Gasteiger partial charge on any atom is -0.348 e. The van der Waals surface area contributed by atoms with Gasteiger partial charge in [0.05, 0.1) is 20.4 Å². The van der Waals surface area contributed by atoms with E-state index in [0.717, 1.165) is 63.1 Å². The van der Waals surface area contributed by atoms with Crippen LogP contribution < -0.4 is 10.2 Å². The van der Waals surface area contributed by atoms with Crippen LogP contribution in [0, 0.1) is 18.7 Å². The van der Waals surface area contributed by atoms with Gasteiger partial charge in [0.1, 0.15) is 10.8 Å². The summed E-state index contributed by atoms with van der Waals surface area (Å²) >= 11 is 3.18. The first-order valence-corrected chi connectivity index (χ1v) is 13.2. The van der Waals surface area contributed by atoms with Crippen LogP contribution in [0.25, 0.3) is 31.0 Å². The van der Waals surface area contributed by atoms with Gasteiger partial charge in [0.15, 0.2) is 5.13 Å². The lowest BCUT2D eigenvalue weighted by molar-refractivity contribution is -0.120. The van der Waals surface area contributed by atoms with Gasteiger partial charge in [0.25, 0.3) is 0 Å². The number of piperidine rings is 1. The van der Waals surface area contributed by atoms with Crippen LogP contribution in [0.4, 0.5) is 15.2 Å². The zero-order valence-electron chi connectivity index (χ0n) is 19.1. The van der Waals surface area contributed by atoms with Crippen LogP contribution in [-0.4, -0.2) is 29.0 Å². The second-order valence-corrected chi connectivity index (χ2v) is 11.0. The molecule has 176 valence electrons. The van der Waals surface area contributed by atoms with E-state index in [-0.39, 0.29) is 17.6 Å². The summed E-state index contributed by atoms with van der Waals surface area (Å²) in [6.07, 6.45) is 1.53. The Kier molecular flexibility index (Phi) is 5.70. The number of thiazole rings is 2. The summed E-state index contributed by atoms with van der Waals surface area (Å²) in [6, 6.07) is 18.9. The second kappa shape index (κ2) is 9.02. The molecule has 1 saturated heterocycles. The summed E-state index contributed by atoms with van der Waals surface area (Å²) < 4.78 is 15.5. The first kappa shape index (κ1) is 22.1. The molecule has 6 rings (SSSR count). The first-order chi connectivity index (χ1) is 17.0. The number of fused-ring (bicyclic) bond motifs is 2. The van der Waals surface area contributed by atoms with Crippen molar-refractivity contribution in [2.24, 2.45) is 5.92 Å². The normalized spacial score (nSPS) is 14.6. The molecule has 0 bridgehead atoms. The van der Waals surface area contributed by atoms with Gasteiger partial charge in [-0.15, -0.1) is 11.3 Å². The Bertz CT molecular complexity index is 1530. The van der Waals surface area contributed by atoms with Gasteiger partial charge in [-0.05, 0) is 79.9 Å². The predicted octanol–water partition coefficient (Wildman–Crippen LogP) is 6.88. The summed E-state index contributed by atoms with van der Waals surface area (Å²) in [4.78, 5) is 24.5. The van der Waals surface area contributed by atoms with E-state index < -0.39 is 0 Å². The third kappa shape index (κ3) is 4.51. The van der Waals surface area contributed by atoms with Crippen molar-refractivity contribution in [1.29, 1.82) is 0 Å². The molecular weight excluding hydrogens is 479 g/mol. The highest BCUT2D eigenvalue weighted by Crippen LogP contribution is 2.33. The van der Waals surface area contributed by atoms with Gasteiger partial charge in [-0.3, -0.25) is 4.79 Å². The number of nitrogens with zero attached hydrogens (tertiary/aromatic N) is 3. The molecule has 1 aliphatic heterocycles. The number of benzene rings is 3. The van der Waals surface area contributed by atoms with Gasteiger partial charge < -0.3 is 10.2 Å². The molecule has 1 fully saturated rings. The summed E-state index contributed by atoms with van der Waals surface area (Å²) in [6.45, 7) is 3.61. The molecule has 0 radical (unpaired) electrons. The lowest BCUT2D eigenvalue weighted by atomic mass is 9.96. The predicted molar refractivity (Wildman–Crippen MR) is 143 cm³/mol. The van der Waals surface area contributed by atoms with Gasteiger partial charge in [0, 0.05) is 30.3 Å². The first-order valence-electron chi connectivity index (χ1n) is 11.6. The van der Waals surface area contributed by atoms with Crippen LogP contribution in [0.1, 0.15) is 18.4 Å². The average Bonchev–Trinajstić information content (AvgIpc) is 3.48. The van der Waals surface area contributed by atoms with E-state index in [4.69, 9.17) is 4.98 Å². The van der Waals surface area contributed by atoms with Crippen LogP contribution >= 0.6 is 22.7 Å². The average molecular weight is 503 g/mol. The van der Waals surface area contributed by atoms with Crippen molar-refractivity contribution in [2.45, 2.75) is 19.8 Å². The van der Waals surface area contributed by atoms with Crippen LogP contribution in [0.2, 0.25) is 0 Å². The molecule has 5 aromatic rings. The molecule has 35 heavy (non-hydrogen) atoms. The Morgan fingerprint density at radius 2 is 1.66 bits per heavy atom. The zero-order valence-corrected chi connectivity index (χ0v) is 20.8. The third-order valence-corrected chi connectivity index (χ3v) is 8.56. The molecule has 3 heterocycles. The van der Waals surface area contributed by atoms with Crippen molar-refractivity contribution < 1.29 is 9.18 Å². The van der Waals surface area contributed by atoms with Crippen LogP contribution in [0.3, 0.4) is 0 Å². The highest BCUT2D eigenvalue weighted by atomic mass is 32.1. The molecule has 8 heteroatoms. The maximum absolute atomic E-state index is 13.5. The zero-order chi connectivity index (χ0) is 23.9. The topological polar surface area (TPSA) is 58.1 Å². The Morgan fingerprint density at radius 3 is 2.46 bits per heavy atom. The largest absolute Gasteiger partial charge is 0.348 e. The maximum atomic E-state index is 13.5. The van der Waals surface area contributed by atoms with E-state index in [1.165, 1.54) is 33.7 Å². The van der Waals surface area contributed by atoms with Crippen molar-refractivity contribution in [3.63, 3.8) is 0 Å². The molecule has 0 aliphatic carbocycles. The number of hydrogen-bond acceptors (Lipinski definition) is 6. The number of hydrogen-bond donors (Lipinski definition) is 1. The molecule has 2 aromatic heterocycles. The second-order valence-electron chi connectivity index (χ2n) is 8.93. The Balaban J connectivity index is 1.08. The molecule has 0 atom stereocenters. The number of halogens is 1. The number of carbonyl (C=O) groups is 1. The molecule has 5 nitrogen and oxygen atoms in total. The van der Waals surface area contributed by atoms with Gasteiger partial charge in [0.2, 0.25) is 5.91 Å². The molecular formula is C27H23FN4OS2. The smallest absolute Gasteiger partial charge is 0.227 e. The fraction of sp³-hybridized carbons (Fsp3) is 0.222. The summed E-state index contributed by atoms with van der Waals surface area (Å²) in [7, 11) is 0. The highest BCUT2D eigenvalue weighted by molar-refractivity contribution is 7.22. The number of carbonyl (C=O) groups excluding carboxylic acids is 1. The maximum Gasteiger partial charge on any atom is 0.227 e. The fourth-order valence-corrected chi connectivity index (χ4v) is 6.56. The third-order valence-electron chi connectivity index (χ3n) is 6.42. The summed E-state index contributed by atoms with van der Waals surface area (Å²) in [5, 5.41) is 4.95. The van der Waals surface area contributed by atoms with E-state index in [2.05, 4.69) is 40.3 Å². The number of rotatable bonds is 4. The van der Waals surface area contributed by atoms with Crippen molar-refractivity contribution in [1.82, 2.24) is 9.97 Å². The molecule has 1 N–H and O–H groups in total. The lowest BCUT2D eigenvalue weighted by Crippen LogP contribution is -2.38. The molecule has 3 aromatic carbocycles. The van der Waals surface area contributed by atoms with Crippen molar-refractivity contribution in [3.05, 3.63) is 72.0 Å². The molecule has 0 unspecified atom stereocenters. The van der Waals surface area contributed by atoms with Crippen LogP contribution in [0.5, 0.6) is 0 Å². The van der Waals surface area contributed by atoms with E-state index in [1.54, 1.807) is 17.4 Å². The minimum atomic E-state index is -0.244. The van der Waals surface area contributed by atoms with Gasteiger partial charge in [-0.25, -0.2) is 14.4 Å². The number of anilines is 2. The van der Waals surface area contributed by atoms with Crippen molar-refractivity contribution >= 4 is 59.8 Å². The standard InChI is InChI=1S/C27H23FN4OS2/c1-16-2-8-21-23(14-16)34-26(30-21)18-3-6-20(7-4-18)29-25(33)17-10-12-32(13-11-17)27-31-22-9-5-19(28)15-24(22)35-27/h2-9,14-15,17H,10-13H2,1H3,(H,29,33). The van der Waals surface area contributed by atoms with Gasteiger partial charge in [-0.2, -0.15) is 0 Å². The van der Waals surface area contributed by atoms with Gasteiger partial charge in [-0.1, -0.05) is 17.4 Å². The number of nitrogens with one attached hydrogen (secondary N) is 1. The Morgan fingerprint density at radius 1 is 0.943 bits per heavy atom. The Labute approximate surface area is 210 Å². The fourth-order valence-electron chi connectivity index (χ4n) is 4.45. The van der Waals surface area contributed by atoms with Crippen molar-refractivity contribution in [2.75, 3.05) is 23.3 Å². The van der Waals surface area contributed by atoms with Crippen LogP contribution in [-0.2, 0) is 4.79 Å². The quantitative estimate of drug-likeness (QED) is 0.291. The van der Waals surface area contributed by atoms with E-state index >= 15 is 0 Å². The number of amides is 1. The SMILES string of the molecule is Cc1ccc2nc(-c3ccc(NC(=O)C4CCN(c5nc6ccc(F)cc6s5)CC4)cc3)sc2c1. The molecule has 0 saturated carbocycles. The van der Waals surface area contributed by atoms with E-state index in [0.29, 0.717) is 0 Å². The summed E-state index contributed by atoms with van der Waals surface area (Å²) in [5.41, 5.74) is 4.90. The Hall–Kier alpha value is -3.36. The molecule has 1 aliphatic rings. The van der Waals surface area contributed by atoms with Gasteiger partial charge >= 0.3 is 0 Å². The van der Waals surface area contributed by atoms with E-state index in [1.807, 2.05) is 24.3 Å². The van der Waals surface area contributed by atoms with Crippen LogP contribution in [0.15, 0.2) is 60.7 Å². The van der Waals surface area contributed by atoms with Crippen molar-refractivity contribution in [3.8, 4) is 10.6 Å². The molecule has 1 amide bonds. The minimum absolute atomic E-state index is 0.0368. The number of aromatic nitrogens is 2. The monoisotopic (exact) mass is 502 g/mol. The summed E-state index contributed by atoms with van der Waals surface area (Å²) in [5.74, 6) is -0.226.